The van der Waals surface area contributed by atoms with E-state index in [0.29, 0.717) is 0 Å². The lowest BCUT2D eigenvalue weighted by Gasteiger charge is -2.21. The van der Waals surface area contributed by atoms with E-state index in [1.807, 2.05) is 38.2 Å². The van der Waals surface area contributed by atoms with Gasteiger partial charge in [-0.1, -0.05) is 25.2 Å². The Morgan fingerprint density at radius 3 is 2.96 bits per heavy atom. The van der Waals surface area contributed by atoms with Gasteiger partial charge in [0.1, 0.15) is 5.01 Å². The largest absolute Gasteiger partial charge is 0.330 e. The maximum atomic E-state index is 4.27. The smallest absolute Gasteiger partial charge is 0.210 e. The van der Waals surface area contributed by atoms with E-state index in [9.17, 15) is 0 Å². The molecule has 0 amide bonds. The predicted molar refractivity (Wildman–Crippen MR) is 94.2 cm³/mol. The Labute approximate surface area is 138 Å². The van der Waals surface area contributed by atoms with Gasteiger partial charge in [-0.15, -0.1) is 10.2 Å². The fourth-order valence-corrected chi connectivity index (χ4v) is 3.24. The number of hydrogen-bond donors (Lipinski definition) is 4. The Hall–Kier alpha value is -2.03. The minimum absolute atomic E-state index is 0.253. The van der Waals surface area contributed by atoms with Gasteiger partial charge in [0.05, 0.1) is 17.8 Å². The van der Waals surface area contributed by atoms with E-state index in [4.69, 9.17) is 0 Å². The summed E-state index contributed by atoms with van der Waals surface area (Å²) in [5.41, 5.74) is 2.01. The van der Waals surface area contributed by atoms with Crippen molar-refractivity contribution >= 4 is 33.1 Å². The standard InChI is InChI=1S/C13H15N7S.C2H6/c1-2-10-8(6-16-18-10)5-9(1)17-13-20-19-12(21-13)11-7-14-3-4-15-11;1-2/h1-2,5-6,11,14-15H,3-4,7H2,(H,16,18)(H,17,20);1-2H3. The SMILES string of the molecule is CC.c1cc2[nH]ncc2cc1Nc1nnc(C2CNCCN2)s1. The monoisotopic (exact) mass is 331 g/mol. The van der Waals surface area contributed by atoms with Crippen molar-refractivity contribution in [1.82, 2.24) is 31.0 Å². The molecule has 4 rings (SSSR count). The van der Waals surface area contributed by atoms with Gasteiger partial charge in [-0.3, -0.25) is 5.10 Å². The first-order valence-corrected chi connectivity index (χ1v) is 8.68. The zero-order valence-electron chi connectivity index (χ0n) is 13.3. The lowest BCUT2D eigenvalue weighted by molar-refractivity contribution is 0.427. The van der Waals surface area contributed by atoms with Crippen LogP contribution in [-0.4, -0.2) is 40.0 Å². The Morgan fingerprint density at radius 1 is 1.22 bits per heavy atom. The molecule has 1 aliphatic heterocycles. The summed E-state index contributed by atoms with van der Waals surface area (Å²) < 4.78 is 0. The van der Waals surface area contributed by atoms with Crippen molar-refractivity contribution in [1.29, 1.82) is 0 Å². The molecular weight excluding hydrogens is 310 g/mol. The van der Waals surface area contributed by atoms with Crippen LogP contribution in [0.1, 0.15) is 24.9 Å². The number of aromatic amines is 1. The van der Waals surface area contributed by atoms with Crippen molar-refractivity contribution in [3.8, 4) is 0 Å². The molecule has 0 saturated carbocycles. The van der Waals surface area contributed by atoms with E-state index >= 15 is 0 Å². The van der Waals surface area contributed by atoms with Crippen LogP contribution in [0.25, 0.3) is 10.9 Å². The molecule has 3 aromatic rings. The zero-order chi connectivity index (χ0) is 16.1. The Bertz CT molecular complexity index is 745. The van der Waals surface area contributed by atoms with Crippen LogP contribution in [0.5, 0.6) is 0 Å². The molecule has 3 heterocycles. The summed E-state index contributed by atoms with van der Waals surface area (Å²) in [6.07, 6.45) is 1.81. The van der Waals surface area contributed by atoms with E-state index < -0.39 is 0 Å². The number of nitrogens with one attached hydrogen (secondary N) is 4. The van der Waals surface area contributed by atoms with Crippen LogP contribution in [0.2, 0.25) is 0 Å². The van der Waals surface area contributed by atoms with Gasteiger partial charge in [-0.25, -0.2) is 0 Å². The second-order valence-electron chi connectivity index (χ2n) is 4.95. The highest BCUT2D eigenvalue weighted by Crippen LogP contribution is 2.26. The van der Waals surface area contributed by atoms with Gasteiger partial charge >= 0.3 is 0 Å². The number of rotatable bonds is 3. The van der Waals surface area contributed by atoms with Gasteiger partial charge in [-0.2, -0.15) is 5.10 Å². The number of hydrogen-bond acceptors (Lipinski definition) is 7. The number of aromatic nitrogens is 4. The first-order valence-electron chi connectivity index (χ1n) is 7.86. The van der Waals surface area contributed by atoms with Crippen LogP contribution in [0.3, 0.4) is 0 Å². The van der Waals surface area contributed by atoms with E-state index in [2.05, 4.69) is 36.3 Å². The topological polar surface area (TPSA) is 90.6 Å². The van der Waals surface area contributed by atoms with Gasteiger partial charge in [0.25, 0.3) is 0 Å². The molecule has 1 atom stereocenters. The van der Waals surface area contributed by atoms with Crippen LogP contribution >= 0.6 is 11.3 Å². The maximum Gasteiger partial charge on any atom is 0.210 e. The Balaban J connectivity index is 0.000000753. The summed E-state index contributed by atoms with van der Waals surface area (Å²) in [7, 11) is 0. The Morgan fingerprint density at radius 2 is 2.13 bits per heavy atom. The summed E-state index contributed by atoms with van der Waals surface area (Å²) in [5.74, 6) is 0. The minimum Gasteiger partial charge on any atom is -0.330 e. The molecule has 122 valence electrons. The third-order valence-corrected chi connectivity index (χ3v) is 4.42. The molecule has 2 aromatic heterocycles. The zero-order valence-corrected chi connectivity index (χ0v) is 14.1. The predicted octanol–water partition coefficient (Wildman–Crippen LogP) is 2.42. The lowest BCUT2D eigenvalue weighted by Crippen LogP contribution is -2.42. The molecular formula is C15H21N7S. The number of anilines is 2. The average Bonchev–Trinajstić information content (AvgIpc) is 3.26. The highest BCUT2D eigenvalue weighted by atomic mass is 32.1. The lowest BCUT2D eigenvalue weighted by atomic mass is 10.2. The number of nitrogens with zero attached hydrogens (tertiary/aromatic N) is 3. The van der Waals surface area contributed by atoms with Crippen LogP contribution < -0.4 is 16.0 Å². The maximum absolute atomic E-state index is 4.27. The van der Waals surface area contributed by atoms with E-state index in [-0.39, 0.29) is 6.04 Å². The third-order valence-electron chi connectivity index (χ3n) is 3.47. The first-order chi connectivity index (χ1) is 11.4. The number of H-pyrrole nitrogens is 1. The fraction of sp³-hybridized carbons (Fsp3) is 0.400. The second kappa shape index (κ2) is 7.49. The van der Waals surface area contributed by atoms with Crippen molar-refractivity contribution < 1.29 is 0 Å². The third kappa shape index (κ3) is 3.66. The highest BCUT2D eigenvalue weighted by molar-refractivity contribution is 7.15. The van der Waals surface area contributed by atoms with Crippen LogP contribution in [0, 0.1) is 0 Å². The van der Waals surface area contributed by atoms with Gasteiger partial charge < -0.3 is 16.0 Å². The quantitative estimate of drug-likeness (QED) is 0.589. The molecule has 4 N–H and O–H groups in total. The van der Waals surface area contributed by atoms with Gasteiger partial charge in [0.15, 0.2) is 0 Å². The summed E-state index contributed by atoms with van der Waals surface area (Å²) in [5, 5.41) is 28.4. The average molecular weight is 331 g/mol. The van der Waals surface area contributed by atoms with Crippen molar-refractivity contribution in [3.63, 3.8) is 0 Å². The van der Waals surface area contributed by atoms with E-state index in [1.165, 1.54) is 0 Å². The normalized spacial score (nSPS) is 17.6. The molecule has 1 aliphatic rings. The molecule has 1 saturated heterocycles. The summed E-state index contributed by atoms with van der Waals surface area (Å²) >= 11 is 1.58. The fourth-order valence-electron chi connectivity index (χ4n) is 2.40. The Kier molecular flexibility index (Phi) is 5.16. The summed E-state index contributed by atoms with van der Waals surface area (Å²) in [4.78, 5) is 0. The number of piperazine rings is 1. The summed E-state index contributed by atoms with van der Waals surface area (Å²) in [6, 6.07) is 6.30. The van der Waals surface area contributed by atoms with Crippen molar-refractivity contribution in [2.45, 2.75) is 19.9 Å². The highest BCUT2D eigenvalue weighted by Gasteiger charge is 2.18. The number of fused-ring (bicyclic) bond motifs is 1. The minimum atomic E-state index is 0.253. The molecule has 1 fully saturated rings. The molecule has 0 aliphatic carbocycles. The molecule has 0 spiro atoms. The number of benzene rings is 1. The van der Waals surface area contributed by atoms with Gasteiger partial charge in [-0.05, 0) is 18.2 Å². The molecule has 23 heavy (non-hydrogen) atoms. The van der Waals surface area contributed by atoms with E-state index in [0.717, 1.165) is 46.4 Å². The van der Waals surface area contributed by atoms with Crippen molar-refractivity contribution in [2.24, 2.45) is 0 Å². The molecule has 0 radical (unpaired) electrons. The second-order valence-corrected chi connectivity index (χ2v) is 5.96. The first kappa shape index (κ1) is 15.9. The molecule has 1 aromatic carbocycles. The van der Waals surface area contributed by atoms with Gasteiger partial charge in [0.2, 0.25) is 5.13 Å². The molecule has 7 nitrogen and oxygen atoms in total. The summed E-state index contributed by atoms with van der Waals surface area (Å²) in [6.45, 7) is 6.87. The van der Waals surface area contributed by atoms with Crippen LogP contribution in [0.15, 0.2) is 24.4 Å². The molecule has 1 unspecified atom stereocenters. The van der Waals surface area contributed by atoms with Crippen LogP contribution in [0.4, 0.5) is 10.8 Å². The van der Waals surface area contributed by atoms with Crippen LogP contribution in [-0.2, 0) is 0 Å². The molecule has 8 heteroatoms. The van der Waals surface area contributed by atoms with E-state index in [1.54, 1.807) is 11.3 Å². The van der Waals surface area contributed by atoms with Crippen molar-refractivity contribution in [2.75, 3.05) is 25.0 Å². The van der Waals surface area contributed by atoms with Crippen molar-refractivity contribution in [3.05, 3.63) is 29.4 Å². The van der Waals surface area contributed by atoms with Gasteiger partial charge in [0, 0.05) is 30.7 Å². The molecule has 0 bridgehead atoms.